The molecule has 0 aliphatic carbocycles. The second kappa shape index (κ2) is 7.82. The molecule has 0 saturated carbocycles. The SMILES string of the molecule is CCn1cc(/C=C/C(=O)NCc2c(C)nn(-c3ccccc3)c2C)cn1. The first-order valence-corrected chi connectivity index (χ1v) is 8.67. The van der Waals surface area contributed by atoms with Gasteiger partial charge in [-0.25, -0.2) is 4.68 Å². The van der Waals surface area contributed by atoms with E-state index in [1.165, 1.54) is 6.08 Å². The van der Waals surface area contributed by atoms with Crippen LogP contribution in [0.15, 0.2) is 48.8 Å². The third-order valence-electron chi connectivity index (χ3n) is 4.29. The molecule has 0 bridgehead atoms. The van der Waals surface area contributed by atoms with E-state index in [4.69, 9.17) is 0 Å². The molecule has 0 atom stereocenters. The summed E-state index contributed by atoms with van der Waals surface area (Å²) in [5.74, 6) is -0.138. The molecule has 3 aromatic rings. The molecular formula is C20H23N5O. The maximum absolute atomic E-state index is 12.1. The maximum Gasteiger partial charge on any atom is 0.244 e. The average molecular weight is 349 g/mol. The molecule has 2 aromatic heterocycles. The van der Waals surface area contributed by atoms with E-state index in [1.807, 2.05) is 66.7 Å². The lowest BCUT2D eigenvalue weighted by Gasteiger charge is -2.06. The van der Waals surface area contributed by atoms with Crippen molar-refractivity contribution < 1.29 is 4.79 Å². The number of carbonyl (C=O) groups excluding carboxylic acids is 1. The van der Waals surface area contributed by atoms with Crippen LogP contribution in [-0.4, -0.2) is 25.5 Å². The maximum atomic E-state index is 12.1. The standard InChI is InChI=1S/C20H23N5O/c1-4-24-14-17(12-22-24)10-11-20(26)21-13-19-15(2)23-25(16(19)3)18-8-6-5-7-9-18/h5-12,14H,4,13H2,1-3H3,(H,21,26)/b11-10+. The molecule has 0 aliphatic heterocycles. The Morgan fingerprint density at radius 1 is 1.23 bits per heavy atom. The molecule has 1 amide bonds. The summed E-state index contributed by atoms with van der Waals surface area (Å²) in [6.45, 7) is 7.26. The Balaban J connectivity index is 1.66. The lowest BCUT2D eigenvalue weighted by molar-refractivity contribution is -0.116. The van der Waals surface area contributed by atoms with Crippen molar-refractivity contribution in [2.75, 3.05) is 0 Å². The summed E-state index contributed by atoms with van der Waals surface area (Å²) in [6.07, 6.45) is 6.94. The lowest BCUT2D eigenvalue weighted by atomic mass is 10.2. The molecule has 0 radical (unpaired) electrons. The first kappa shape index (κ1) is 17.7. The zero-order chi connectivity index (χ0) is 18.5. The van der Waals surface area contributed by atoms with E-state index >= 15 is 0 Å². The Kier molecular flexibility index (Phi) is 5.31. The van der Waals surface area contributed by atoms with Gasteiger partial charge in [-0.15, -0.1) is 0 Å². The second-order valence-electron chi connectivity index (χ2n) is 6.08. The van der Waals surface area contributed by atoms with Crippen molar-refractivity contribution in [2.45, 2.75) is 33.9 Å². The average Bonchev–Trinajstić information content (AvgIpc) is 3.23. The number of aromatic nitrogens is 4. The van der Waals surface area contributed by atoms with Crippen LogP contribution in [0.4, 0.5) is 0 Å². The third kappa shape index (κ3) is 3.91. The highest BCUT2D eigenvalue weighted by atomic mass is 16.1. The summed E-state index contributed by atoms with van der Waals surface area (Å²) in [5, 5.41) is 11.7. The van der Waals surface area contributed by atoms with Gasteiger partial charge in [-0.1, -0.05) is 18.2 Å². The minimum absolute atomic E-state index is 0.138. The van der Waals surface area contributed by atoms with Crippen molar-refractivity contribution in [3.05, 3.63) is 71.3 Å². The van der Waals surface area contributed by atoms with Crippen molar-refractivity contribution in [1.82, 2.24) is 24.9 Å². The van der Waals surface area contributed by atoms with Gasteiger partial charge in [-0.2, -0.15) is 10.2 Å². The fourth-order valence-electron chi connectivity index (χ4n) is 2.80. The number of carbonyl (C=O) groups is 1. The van der Waals surface area contributed by atoms with Gasteiger partial charge in [-0.05, 0) is 39.0 Å². The Morgan fingerprint density at radius 2 is 2.00 bits per heavy atom. The quantitative estimate of drug-likeness (QED) is 0.696. The molecule has 1 N–H and O–H groups in total. The van der Waals surface area contributed by atoms with Gasteiger partial charge >= 0.3 is 0 Å². The predicted molar refractivity (Wildman–Crippen MR) is 102 cm³/mol. The summed E-state index contributed by atoms with van der Waals surface area (Å²) in [6, 6.07) is 9.98. The molecule has 0 unspecified atom stereocenters. The number of hydrogen-bond donors (Lipinski definition) is 1. The smallest absolute Gasteiger partial charge is 0.244 e. The van der Waals surface area contributed by atoms with Crippen molar-refractivity contribution in [3.63, 3.8) is 0 Å². The van der Waals surface area contributed by atoms with Crippen LogP contribution in [0, 0.1) is 13.8 Å². The Hall–Kier alpha value is -3.15. The fourth-order valence-corrected chi connectivity index (χ4v) is 2.80. The number of rotatable bonds is 6. The van der Waals surface area contributed by atoms with Gasteiger partial charge in [0.1, 0.15) is 0 Å². The molecule has 0 aliphatic rings. The molecule has 6 nitrogen and oxygen atoms in total. The highest BCUT2D eigenvalue weighted by Gasteiger charge is 2.13. The predicted octanol–water partition coefficient (Wildman–Crippen LogP) is 3.04. The fraction of sp³-hybridized carbons (Fsp3) is 0.250. The lowest BCUT2D eigenvalue weighted by Crippen LogP contribution is -2.21. The first-order chi connectivity index (χ1) is 12.6. The first-order valence-electron chi connectivity index (χ1n) is 8.67. The molecule has 2 heterocycles. The number of nitrogens with zero attached hydrogens (tertiary/aromatic N) is 4. The topological polar surface area (TPSA) is 64.7 Å². The van der Waals surface area contributed by atoms with Gasteiger partial charge in [0.15, 0.2) is 0 Å². The Bertz CT molecular complexity index is 921. The molecule has 26 heavy (non-hydrogen) atoms. The van der Waals surface area contributed by atoms with Gasteiger partial charge in [0.25, 0.3) is 0 Å². The van der Waals surface area contributed by atoms with Crippen molar-refractivity contribution in [2.24, 2.45) is 0 Å². The molecule has 134 valence electrons. The van der Waals surface area contributed by atoms with Crippen LogP contribution in [0.25, 0.3) is 11.8 Å². The van der Waals surface area contributed by atoms with Crippen molar-refractivity contribution >= 4 is 12.0 Å². The molecule has 6 heteroatoms. The molecule has 0 spiro atoms. The van der Waals surface area contributed by atoms with Crippen LogP contribution in [0.5, 0.6) is 0 Å². The van der Waals surface area contributed by atoms with Crippen LogP contribution in [0.3, 0.4) is 0 Å². The van der Waals surface area contributed by atoms with Gasteiger partial charge in [-0.3, -0.25) is 9.48 Å². The summed E-state index contributed by atoms with van der Waals surface area (Å²) in [4.78, 5) is 12.1. The van der Waals surface area contributed by atoms with E-state index in [-0.39, 0.29) is 5.91 Å². The number of benzene rings is 1. The summed E-state index contributed by atoms with van der Waals surface area (Å²) >= 11 is 0. The number of nitrogens with one attached hydrogen (secondary N) is 1. The van der Waals surface area contributed by atoms with Crippen LogP contribution in [0.1, 0.15) is 29.4 Å². The monoisotopic (exact) mass is 349 g/mol. The van der Waals surface area contributed by atoms with Gasteiger partial charge in [0.05, 0.1) is 17.6 Å². The number of aryl methyl sites for hydroxylation is 2. The minimum Gasteiger partial charge on any atom is -0.348 e. The molecule has 1 aromatic carbocycles. The zero-order valence-corrected chi connectivity index (χ0v) is 15.3. The van der Waals surface area contributed by atoms with Crippen LogP contribution >= 0.6 is 0 Å². The number of amides is 1. The number of hydrogen-bond acceptors (Lipinski definition) is 3. The van der Waals surface area contributed by atoms with Gasteiger partial charge < -0.3 is 5.32 Å². The molecule has 0 saturated heterocycles. The van der Waals surface area contributed by atoms with Crippen LogP contribution in [0.2, 0.25) is 0 Å². The van der Waals surface area contributed by atoms with E-state index in [1.54, 1.807) is 12.3 Å². The molecule has 3 rings (SSSR count). The highest BCUT2D eigenvalue weighted by molar-refractivity contribution is 5.91. The van der Waals surface area contributed by atoms with E-state index in [0.29, 0.717) is 6.54 Å². The van der Waals surface area contributed by atoms with Crippen molar-refractivity contribution in [1.29, 1.82) is 0 Å². The summed E-state index contributed by atoms with van der Waals surface area (Å²) in [7, 11) is 0. The van der Waals surface area contributed by atoms with E-state index < -0.39 is 0 Å². The minimum atomic E-state index is -0.138. The Labute approximate surface area is 153 Å². The van der Waals surface area contributed by atoms with E-state index in [0.717, 1.165) is 34.7 Å². The highest BCUT2D eigenvalue weighted by Crippen LogP contribution is 2.17. The van der Waals surface area contributed by atoms with E-state index in [2.05, 4.69) is 15.5 Å². The summed E-state index contributed by atoms with van der Waals surface area (Å²) in [5.41, 5.74) is 4.90. The van der Waals surface area contributed by atoms with E-state index in [9.17, 15) is 4.79 Å². The third-order valence-corrected chi connectivity index (χ3v) is 4.29. The summed E-state index contributed by atoms with van der Waals surface area (Å²) < 4.78 is 3.73. The normalized spacial score (nSPS) is 11.2. The Morgan fingerprint density at radius 3 is 2.69 bits per heavy atom. The zero-order valence-electron chi connectivity index (χ0n) is 15.3. The van der Waals surface area contributed by atoms with Crippen LogP contribution < -0.4 is 5.32 Å². The largest absolute Gasteiger partial charge is 0.348 e. The van der Waals surface area contributed by atoms with Gasteiger partial charge in [0, 0.05) is 42.2 Å². The molecular weight excluding hydrogens is 326 g/mol. The van der Waals surface area contributed by atoms with Gasteiger partial charge in [0.2, 0.25) is 5.91 Å². The van der Waals surface area contributed by atoms with Crippen molar-refractivity contribution in [3.8, 4) is 5.69 Å². The second-order valence-corrected chi connectivity index (χ2v) is 6.08. The number of para-hydroxylation sites is 1. The molecule has 0 fully saturated rings. The van der Waals surface area contributed by atoms with Crippen LogP contribution in [-0.2, 0) is 17.9 Å².